The van der Waals surface area contributed by atoms with Gasteiger partial charge in [-0.25, -0.2) is 0 Å². The van der Waals surface area contributed by atoms with Crippen LogP contribution in [0, 0.1) is 0 Å². The summed E-state index contributed by atoms with van der Waals surface area (Å²) in [7, 11) is -3.61. The topological polar surface area (TPSA) is 52.6 Å². The average Bonchev–Trinajstić information content (AvgIpc) is 2.50. The minimum absolute atomic E-state index is 0.205. The van der Waals surface area contributed by atoms with Gasteiger partial charge in [0.05, 0.1) is 11.5 Å². The molecule has 1 rings (SSSR count). The first-order chi connectivity index (χ1) is 10.2. The molecule has 0 aliphatic carbocycles. The lowest BCUT2D eigenvalue weighted by atomic mass is 10.2. The van der Waals surface area contributed by atoms with Crippen molar-refractivity contribution in [3.8, 4) is 0 Å². The molecule has 0 aliphatic rings. The van der Waals surface area contributed by atoms with Crippen molar-refractivity contribution in [1.29, 1.82) is 0 Å². The molecule has 0 atom stereocenters. The molecule has 120 valence electrons. The van der Waals surface area contributed by atoms with Crippen molar-refractivity contribution >= 4 is 10.1 Å². The van der Waals surface area contributed by atoms with Crippen molar-refractivity contribution in [3.63, 3.8) is 0 Å². The molecule has 0 unspecified atom stereocenters. The summed E-state index contributed by atoms with van der Waals surface area (Å²) >= 11 is 0. The molecule has 21 heavy (non-hydrogen) atoms. The highest BCUT2D eigenvalue weighted by Gasteiger charge is 2.13. The summed E-state index contributed by atoms with van der Waals surface area (Å²) in [6.45, 7) is 3.85. The molecule has 0 aliphatic heterocycles. The normalized spacial score (nSPS) is 11.7. The van der Waals surface area contributed by atoms with Crippen LogP contribution in [0.2, 0.25) is 0 Å². The highest BCUT2D eigenvalue weighted by atomic mass is 32.2. The van der Waals surface area contributed by atoms with Gasteiger partial charge in [-0.1, -0.05) is 44.4 Å². The molecule has 0 amide bonds. The Morgan fingerprint density at radius 3 is 2.14 bits per heavy atom. The monoisotopic (exact) mass is 314 g/mol. The quantitative estimate of drug-likeness (QED) is 0.435. The van der Waals surface area contributed by atoms with Crippen molar-refractivity contribution < 1.29 is 17.3 Å². The first kappa shape index (κ1) is 18.1. The second-order valence-corrected chi connectivity index (χ2v) is 6.58. The molecule has 0 heterocycles. The van der Waals surface area contributed by atoms with Gasteiger partial charge in [0, 0.05) is 13.2 Å². The molecule has 0 bridgehead atoms. The van der Waals surface area contributed by atoms with E-state index in [0.29, 0.717) is 13.0 Å². The Morgan fingerprint density at radius 2 is 1.48 bits per heavy atom. The molecule has 0 spiro atoms. The van der Waals surface area contributed by atoms with E-state index >= 15 is 0 Å². The minimum atomic E-state index is -3.61. The third-order valence-electron chi connectivity index (χ3n) is 3.10. The molecular weight excluding hydrogens is 288 g/mol. The summed E-state index contributed by atoms with van der Waals surface area (Å²) < 4.78 is 34.1. The van der Waals surface area contributed by atoms with Crippen molar-refractivity contribution in [3.05, 3.63) is 30.3 Å². The van der Waals surface area contributed by atoms with Crippen LogP contribution in [0.4, 0.5) is 0 Å². The molecule has 4 nitrogen and oxygen atoms in total. The van der Waals surface area contributed by atoms with Crippen molar-refractivity contribution in [2.75, 3.05) is 19.8 Å². The first-order valence-corrected chi connectivity index (χ1v) is 9.10. The summed E-state index contributed by atoms with van der Waals surface area (Å²) in [5.74, 6) is 0. The first-order valence-electron chi connectivity index (χ1n) is 7.69. The van der Waals surface area contributed by atoms with Crippen LogP contribution in [0.25, 0.3) is 0 Å². The van der Waals surface area contributed by atoms with Gasteiger partial charge in [0.1, 0.15) is 0 Å². The van der Waals surface area contributed by atoms with Gasteiger partial charge in [-0.15, -0.1) is 0 Å². The van der Waals surface area contributed by atoms with Crippen LogP contribution < -0.4 is 0 Å². The van der Waals surface area contributed by atoms with E-state index < -0.39 is 10.1 Å². The highest BCUT2D eigenvalue weighted by molar-refractivity contribution is 7.86. The zero-order valence-corrected chi connectivity index (χ0v) is 13.6. The van der Waals surface area contributed by atoms with Gasteiger partial charge in [0.25, 0.3) is 10.1 Å². The molecule has 0 fully saturated rings. The number of rotatable bonds is 12. The molecule has 1 aromatic rings. The predicted molar refractivity (Wildman–Crippen MR) is 83.8 cm³/mol. The Balaban J connectivity index is 2.04. The Bertz CT molecular complexity index is 456. The maximum atomic E-state index is 11.8. The van der Waals surface area contributed by atoms with Crippen LogP contribution in [0.3, 0.4) is 0 Å². The third kappa shape index (κ3) is 8.19. The molecule has 0 saturated carbocycles. The van der Waals surface area contributed by atoms with Crippen molar-refractivity contribution in [2.45, 2.75) is 50.3 Å². The van der Waals surface area contributed by atoms with E-state index in [2.05, 4.69) is 6.92 Å². The van der Waals surface area contributed by atoms with Crippen molar-refractivity contribution in [2.24, 2.45) is 0 Å². The van der Waals surface area contributed by atoms with Gasteiger partial charge >= 0.3 is 0 Å². The maximum Gasteiger partial charge on any atom is 0.296 e. The maximum absolute atomic E-state index is 11.8. The highest BCUT2D eigenvalue weighted by Crippen LogP contribution is 2.11. The Kier molecular flexibility index (Phi) is 9.30. The van der Waals surface area contributed by atoms with Crippen LogP contribution in [0.15, 0.2) is 35.2 Å². The Labute approximate surface area is 128 Å². The molecule has 0 N–H and O–H groups in total. The van der Waals surface area contributed by atoms with E-state index in [1.807, 2.05) is 0 Å². The largest absolute Gasteiger partial charge is 0.381 e. The van der Waals surface area contributed by atoms with E-state index in [1.54, 1.807) is 18.2 Å². The minimum Gasteiger partial charge on any atom is -0.381 e. The van der Waals surface area contributed by atoms with Crippen LogP contribution in [0.1, 0.15) is 45.4 Å². The zero-order chi connectivity index (χ0) is 15.4. The van der Waals surface area contributed by atoms with Gasteiger partial charge in [0.15, 0.2) is 0 Å². The molecule has 5 heteroatoms. The molecule has 0 radical (unpaired) electrons. The van der Waals surface area contributed by atoms with Crippen LogP contribution in [-0.2, 0) is 19.0 Å². The summed E-state index contributed by atoms with van der Waals surface area (Å²) in [5.41, 5.74) is 0. The van der Waals surface area contributed by atoms with Gasteiger partial charge < -0.3 is 4.74 Å². The predicted octanol–water partition coefficient (Wildman–Crippen LogP) is 3.77. The lowest BCUT2D eigenvalue weighted by Gasteiger charge is -2.06. The molecular formula is C16H26O4S. The molecule has 0 saturated heterocycles. The van der Waals surface area contributed by atoms with Gasteiger partial charge in [-0.2, -0.15) is 8.42 Å². The number of hydrogen-bond donors (Lipinski definition) is 0. The second kappa shape index (κ2) is 10.8. The number of ether oxygens (including phenoxy) is 1. The van der Waals surface area contributed by atoms with E-state index in [4.69, 9.17) is 8.92 Å². The number of hydrogen-bond acceptors (Lipinski definition) is 4. The van der Waals surface area contributed by atoms with E-state index in [-0.39, 0.29) is 11.5 Å². The summed E-state index contributed by atoms with van der Waals surface area (Å²) in [6.07, 6.45) is 6.31. The van der Waals surface area contributed by atoms with E-state index in [0.717, 1.165) is 19.4 Å². The molecule has 1 aromatic carbocycles. The van der Waals surface area contributed by atoms with E-state index in [9.17, 15) is 8.42 Å². The smallest absolute Gasteiger partial charge is 0.296 e. The Morgan fingerprint density at radius 1 is 0.857 bits per heavy atom. The lowest BCUT2D eigenvalue weighted by Crippen LogP contribution is -2.08. The fourth-order valence-corrected chi connectivity index (χ4v) is 2.83. The SMILES string of the molecule is CCCCCCOCCCCOS(=O)(=O)c1ccccc1. The van der Waals surface area contributed by atoms with E-state index in [1.165, 1.54) is 31.4 Å². The Hall–Kier alpha value is -0.910. The summed E-state index contributed by atoms with van der Waals surface area (Å²) in [5, 5.41) is 0. The van der Waals surface area contributed by atoms with Gasteiger partial charge in [-0.05, 0) is 31.4 Å². The van der Waals surface area contributed by atoms with Crippen LogP contribution in [-0.4, -0.2) is 28.2 Å². The standard InChI is InChI=1S/C16H26O4S/c1-2-3-4-8-13-19-14-9-10-15-20-21(17,18)16-11-6-5-7-12-16/h5-7,11-12H,2-4,8-10,13-15H2,1H3. The van der Waals surface area contributed by atoms with Gasteiger partial charge in [0.2, 0.25) is 0 Å². The summed E-state index contributed by atoms with van der Waals surface area (Å²) in [6, 6.07) is 8.21. The van der Waals surface area contributed by atoms with Crippen LogP contribution in [0.5, 0.6) is 0 Å². The molecule has 0 aromatic heterocycles. The summed E-state index contributed by atoms with van der Waals surface area (Å²) in [4.78, 5) is 0.206. The number of benzene rings is 1. The van der Waals surface area contributed by atoms with Crippen LogP contribution >= 0.6 is 0 Å². The zero-order valence-electron chi connectivity index (χ0n) is 12.8. The van der Waals surface area contributed by atoms with Gasteiger partial charge in [-0.3, -0.25) is 4.18 Å². The van der Waals surface area contributed by atoms with Crippen molar-refractivity contribution in [1.82, 2.24) is 0 Å². The fraction of sp³-hybridized carbons (Fsp3) is 0.625. The number of unbranched alkanes of at least 4 members (excludes halogenated alkanes) is 4. The average molecular weight is 314 g/mol. The second-order valence-electron chi connectivity index (χ2n) is 4.97. The third-order valence-corrected chi connectivity index (χ3v) is 4.42. The fourth-order valence-electron chi connectivity index (χ4n) is 1.86. The lowest BCUT2D eigenvalue weighted by molar-refractivity contribution is 0.123.